The van der Waals surface area contributed by atoms with E-state index in [0.29, 0.717) is 0 Å². The van der Waals surface area contributed by atoms with Crippen LogP contribution in [-0.4, -0.2) is 17.4 Å². The van der Waals surface area contributed by atoms with Gasteiger partial charge in [0.25, 0.3) is 0 Å². The number of thiol groups is 1. The van der Waals surface area contributed by atoms with E-state index in [0.717, 1.165) is 0 Å². The Kier molecular flexibility index (Phi) is 13.4. The normalized spacial score (nSPS) is 14.0. The van der Waals surface area contributed by atoms with E-state index in [1.807, 2.05) is 20.8 Å². The molecule has 0 spiro atoms. The maximum absolute atomic E-state index is 10.8. The molecule has 0 fully saturated rings. The van der Waals surface area contributed by atoms with Crippen LogP contribution in [0.1, 0.15) is 48.5 Å². The van der Waals surface area contributed by atoms with Crippen LogP contribution in [0, 0.1) is 16.7 Å². The number of rotatable bonds is 2. The Hall–Kier alpha value is 0.726. The van der Waals surface area contributed by atoms with Crippen molar-refractivity contribution in [3.05, 3.63) is 11.5 Å². The Morgan fingerprint density at radius 2 is 1.30 bits per heavy atom. The molecule has 0 radical (unpaired) electrons. The molecule has 0 saturated heterocycles. The monoisotopic (exact) mass is 329 g/mol. The Morgan fingerprint density at radius 1 is 1.00 bits per heavy atom. The Morgan fingerprint density at radius 3 is 1.45 bits per heavy atom. The summed E-state index contributed by atoms with van der Waals surface area (Å²) in [4.78, 5) is 19.8. The van der Waals surface area contributed by atoms with Crippen molar-refractivity contribution >= 4 is 24.0 Å². The molecule has 0 rings (SSSR count). The minimum Gasteiger partial charge on any atom is -0.658 e. The van der Waals surface area contributed by atoms with Gasteiger partial charge in [0, 0.05) is 0 Å². The standard InChI is InChI=1S/C12H25NO2.CH3NOS.K/c1-8(11(2,3)4)9(12(5,6)7)15-10(13)14;2-1(3)4;/h8-9H,1-7H3,(H2,13,14);(H3,2,3,4);/q;;+1/p-2/t8-,9?;;/m1../s1. The Bertz CT molecular complexity index is 308. The molecule has 0 aromatic heterocycles. The van der Waals surface area contributed by atoms with E-state index in [1.54, 1.807) is 0 Å². The summed E-state index contributed by atoms with van der Waals surface area (Å²) >= 11 is 2.99. The average molecular weight is 330 g/mol. The molecule has 2 amide bonds. The topological polar surface area (TPSA) is 91.0 Å². The number of nitrogens with one attached hydrogen (secondary N) is 2. The van der Waals surface area contributed by atoms with Gasteiger partial charge in [-0.15, -0.1) is 12.6 Å². The molecule has 20 heavy (non-hydrogen) atoms. The first-order chi connectivity index (χ1) is 8.19. The molecule has 2 atom stereocenters. The summed E-state index contributed by atoms with van der Waals surface area (Å²) in [5.74, 6) is 0.215. The number of ether oxygens (including phenoxy) is 1. The van der Waals surface area contributed by atoms with Gasteiger partial charge in [-0.1, -0.05) is 48.5 Å². The van der Waals surface area contributed by atoms with Crippen LogP contribution in [0.25, 0.3) is 11.5 Å². The first kappa shape index (κ1) is 25.7. The summed E-state index contributed by atoms with van der Waals surface area (Å²) < 4.78 is 5.13. The van der Waals surface area contributed by atoms with Gasteiger partial charge in [-0.25, -0.2) is 0 Å². The van der Waals surface area contributed by atoms with Crippen LogP contribution < -0.4 is 51.4 Å². The second-order valence-corrected chi connectivity index (χ2v) is 7.06. The molecule has 0 heterocycles. The Labute approximate surface area is 170 Å². The number of carbonyl (C=O) groups excluding carboxylic acids is 2. The maximum Gasteiger partial charge on any atom is 1.00 e. The van der Waals surface area contributed by atoms with Crippen molar-refractivity contribution in [2.75, 3.05) is 0 Å². The van der Waals surface area contributed by atoms with Gasteiger partial charge in [0.15, 0.2) is 0 Å². The van der Waals surface area contributed by atoms with E-state index in [-0.39, 0.29) is 74.2 Å². The smallest absolute Gasteiger partial charge is 0.658 e. The predicted octanol–water partition coefficient (Wildman–Crippen LogP) is 2.36. The predicted molar refractivity (Wildman–Crippen MR) is 81.4 cm³/mol. The van der Waals surface area contributed by atoms with Crippen molar-refractivity contribution in [2.24, 2.45) is 16.7 Å². The van der Waals surface area contributed by atoms with E-state index in [4.69, 9.17) is 21.0 Å². The van der Waals surface area contributed by atoms with Gasteiger partial charge in [0.05, 0.1) is 0 Å². The van der Waals surface area contributed by atoms with Gasteiger partial charge < -0.3 is 21.0 Å². The molecular formula is C13H26KN2O3S-. The second-order valence-electron chi connectivity index (χ2n) is 6.65. The van der Waals surface area contributed by atoms with Crippen LogP contribution in [0.3, 0.4) is 0 Å². The summed E-state index contributed by atoms with van der Waals surface area (Å²) in [5, 5.41) is -0.889. The van der Waals surface area contributed by atoms with Crippen LogP contribution in [-0.2, 0) is 4.74 Å². The fraction of sp³-hybridized carbons (Fsp3) is 0.846. The molecule has 0 saturated carbocycles. The van der Waals surface area contributed by atoms with Crippen molar-refractivity contribution in [1.82, 2.24) is 0 Å². The molecule has 114 valence electrons. The summed E-state index contributed by atoms with van der Waals surface area (Å²) in [6, 6.07) is 0. The fourth-order valence-electron chi connectivity index (χ4n) is 1.60. The maximum atomic E-state index is 10.8. The largest absolute Gasteiger partial charge is 1.00 e. The molecule has 2 N–H and O–H groups in total. The van der Waals surface area contributed by atoms with Crippen LogP contribution in [0.5, 0.6) is 0 Å². The summed E-state index contributed by atoms with van der Waals surface area (Å²) in [6.45, 7) is 14.5. The van der Waals surface area contributed by atoms with Gasteiger partial charge in [-0.05, 0) is 16.7 Å². The molecule has 0 aromatic carbocycles. The first-order valence-corrected chi connectivity index (χ1v) is 6.51. The minimum absolute atomic E-state index is 0. The van der Waals surface area contributed by atoms with E-state index >= 15 is 0 Å². The van der Waals surface area contributed by atoms with Crippen LogP contribution in [0.15, 0.2) is 0 Å². The van der Waals surface area contributed by atoms with Gasteiger partial charge in [-0.2, -0.15) is 0 Å². The third-order valence-corrected chi connectivity index (χ3v) is 2.91. The van der Waals surface area contributed by atoms with Crippen LogP contribution in [0.2, 0.25) is 0 Å². The minimum atomic E-state index is -0.939. The molecule has 0 aromatic rings. The van der Waals surface area contributed by atoms with Crippen molar-refractivity contribution in [3.8, 4) is 0 Å². The molecule has 7 heteroatoms. The molecule has 5 nitrogen and oxygen atoms in total. The van der Waals surface area contributed by atoms with Gasteiger partial charge in [0.1, 0.15) is 11.3 Å². The zero-order valence-corrected chi connectivity index (χ0v) is 17.8. The quantitative estimate of drug-likeness (QED) is 0.623. The van der Waals surface area contributed by atoms with Crippen LogP contribution in [0.4, 0.5) is 9.59 Å². The zero-order valence-electron chi connectivity index (χ0n) is 13.8. The number of hydrogen-bond donors (Lipinski definition) is 1. The summed E-state index contributed by atoms with van der Waals surface area (Å²) in [7, 11) is 0. The van der Waals surface area contributed by atoms with Crippen molar-refractivity contribution in [3.63, 3.8) is 0 Å². The average Bonchev–Trinajstić information content (AvgIpc) is 2.08. The van der Waals surface area contributed by atoms with E-state index in [1.165, 1.54) is 0 Å². The third kappa shape index (κ3) is 13.7. The van der Waals surface area contributed by atoms with Gasteiger partial charge in [0.2, 0.25) is 6.09 Å². The van der Waals surface area contributed by atoms with Crippen molar-refractivity contribution < 1.29 is 65.7 Å². The second kappa shape index (κ2) is 10.5. The van der Waals surface area contributed by atoms with E-state index < -0.39 is 11.3 Å². The van der Waals surface area contributed by atoms with Crippen molar-refractivity contribution in [1.29, 1.82) is 0 Å². The first-order valence-electron chi connectivity index (χ1n) is 6.06. The molecule has 0 bridgehead atoms. The third-order valence-electron chi connectivity index (χ3n) is 2.91. The number of carbonyl (C=O) groups is 2. The van der Waals surface area contributed by atoms with E-state index in [2.05, 4.69) is 40.3 Å². The molecule has 0 aliphatic heterocycles. The number of hydrogen-bond acceptors (Lipinski definition) is 3. The molecule has 0 aliphatic rings. The zero-order chi connectivity index (χ0) is 16.0. The van der Waals surface area contributed by atoms with Gasteiger partial charge in [-0.3, -0.25) is 4.79 Å². The molecule has 0 aliphatic carbocycles. The molecular weight excluding hydrogens is 303 g/mol. The fourth-order valence-corrected chi connectivity index (χ4v) is 1.60. The SMILES string of the molecule is C[C@H](C(OC([NH-])=O)C(C)(C)C)C(C)(C)C.[K+].[NH-]C(=O)S. The van der Waals surface area contributed by atoms with Crippen LogP contribution >= 0.6 is 12.6 Å². The number of amides is 2. The summed E-state index contributed by atoms with van der Waals surface area (Å²) in [6.07, 6.45) is -1.16. The Balaban J connectivity index is -0.000000508. The summed E-state index contributed by atoms with van der Waals surface area (Å²) in [5.41, 5.74) is 12.7. The van der Waals surface area contributed by atoms with Crippen molar-refractivity contribution in [2.45, 2.75) is 54.6 Å². The van der Waals surface area contributed by atoms with E-state index in [9.17, 15) is 4.79 Å². The van der Waals surface area contributed by atoms with Gasteiger partial charge >= 0.3 is 51.4 Å². The molecule has 1 unspecified atom stereocenters.